The molecule has 1 aliphatic rings. The normalized spacial score (nSPS) is 24.4. The fraction of sp³-hybridized carbons (Fsp3) is 0.750. The molecule has 0 aliphatic carbocycles. The topological polar surface area (TPSA) is 28.4 Å². The lowest BCUT2D eigenvalue weighted by Crippen LogP contribution is -2.44. The Labute approximate surface area is 127 Å². The number of thioether (sulfide) groups is 1. The summed E-state index contributed by atoms with van der Waals surface area (Å²) in [7, 11) is 0. The van der Waals surface area contributed by atoms with Crippen LogP contribution in [0.25, 0.3) is 0 Å². The Hall–Kier alpha value is -0.450. The van der Waals surface area contributed by atoms with Crippen LogP contribution in [-0.4, -0.2) is 35.0 Å². The Morgan fingerprint density at radius 2 is 2.25 bits per heavy atom. The smallest absolute Gasteiger partial charge is 0.122 e. The van der Waals surface area contributed by atoms with Crippen molar-refractivity contribution >= 4 is 11.8 Å². The van der Waals surface area contributed by atoms with Crippen LogP contribution < -0.4 is 5.32 Å². The second kappa shape index (κ2) is 7.53. The summed E-state index contributed by atoms with van der Waals surface area (Å²) in [5, 5.41) is 4.21. The summed E-state index contributed by atoms with van der Waals surface area (Å²) < 4.78 is 5.72. The van der Waals surface area contributed by atoms with Crippen molar-refractivity contribution in [3.63, 3.8) is 0 Å². The standard InChI is InChI=1S/C16H28N2OS/c1-12(2)9-17-10-15-5-7-19-16(15)11-18-6-8-20-14(4)13(18)3/h5,7,12-14,17H,6,8-11H2,1-4H3. The minimum atomic E-state index is 0.621. The second-order valence-corrected chi connectivity index (χ2v) is 7.67. The minimum absolute atomic E-state index is 0.621. The van der Waals surface area contributed by atoms with E-state index >= 15 is 0 Å². The van der Waals surface area contributed by atoms with Crippen LogP contribution in [-0.2, 0) is 13.1 Å². The van der Waals surface area contributed by atoms with Crippen molar-refractivity contribution in [2.75, 3.05) is 18.8 Å². The van der Waals surface area contributed by atoms with Crippen molar-refractivity contribution in [2.24, 2.45) is 5.92 Å². The lowest BCUT2D eigenvalue weighted by molar-refractivity contribution is 0.188. The molecule has 2 unspecified atom stereocenters. The van der Waals surface area contributed by atoms with E-state index in [1.165, 1.54) is 11.3 Å². The summed E-state index contributed by atoms with van der Waals surface area (Å²) in [4.78, 5) is 2.55. The predicted octanol–water partition coefficient (Wildman–Crippen LogP) is 3.35. The van der Waals surface area contributed by atoms with E-state index in [1.807, 2.05) is 6.26 Å². The molecule has 1 aliphatic heterocycles. The van der Waals surface area contributed by atoms with Gasteiger partial charge in [-0.2, -0.15) is 11.8 Å². The second-order valence-electron chi connectivity index (χ2n) is 6.18. The van der Waals surface area contributed by atoms with E-state index in [-0.39, 0.29) is 0 Å². The van der Waals surface area contributed by atoms with E-state index in [2.05, 4.69) is 55.7 Å². The van der Waals surface area contributed by atoms with Crippen molar-refractivity contribution in [2.45, 2.75) is 52.1 Å². The first-order chi connectivity index (χ1) is 9.58. The average Bonchev–Trinajstić information content (AvgIpc) is 2.82. The number of hydrogen-bond acceptors (Lipinski definition) is 4. The third-order valence-electron chi connectivity index (χ3n) is 4.07. The average molecular weight is 296 g/mol. The van der Waals surface area contributed by atoms with E-state index in [9.17, 15) is 0 Å². The highest BCUT2D eigenvalue weighted by Gasteiger charge is 2.26. The molecule has 0 spiro atoms. The van der Waals surface area contributed by atoms with Crippen LogP contribution in [0.5, 0.6) is 0 Å². The molecule has 1 aromatic heterocycles. The van der Waals surface area contributed by atoms with Crippen molar-refractivity contribution in [1.82, 2.24) is 10.2 Å². The first-order valence-corrected chi connectivity index (χ1v) is 8.74. The molecule has 1 aromatic rings. The van der Waals surface area contributed by atoms with Crippen molar-refractivity contribution in [1.29, 1.82) is 0 Å². The third-order valence-corrected chi connectivity index (χ3v) is 5.40. The van der Waals surface area contributed by atoms with Crippen LogP contribution in [0.4, 0.5) is 0 Å². The molecule has 114 valence electrons. The van der Waals surface area contributed by atoms with Gasteiger partial charge < -0.3 is 9.73 Å². The third kappa shape index (κ3) is 4.27. The number of rotatable bonds is 6. The van der Waals surface area contributed by atoms with Gasteiger partial charge in [-0.15, -0.1) is 0 Å². The highest BCUT2D eigenvalue weighted by Crippen LogP contribution is 2.26. The van der Waals surface area contributed by atoms with Crippen LogP contribution in [0.1, 0.15) is 39.0 Å². The van der Waals surface area contributed by atoms with E-state index in [0.717, 1.165) is 31.9 Å². The van der Waals surface area contributed by atoms with Gasteiger partial charge in [-0.3, -0.25) is 4.90 Å². The number of nitrogens with zero attached hydrogens (tertiary/aromatic N) is 1. The van der Waals surface area contributed by atoms with E-state index < -0.39 is 0 Å². The van der Waals surface area contributed by atoms with Gasteiger partial charge in [-0.1, -0.05) is 20.8 Å². The molecule has 1 fully saturated rings. The number of hydrogen-bond donors (Lipinski definition) is 1. The highest BCUT2D eigenvalue weighted by atomic mass is 32.2. The summed E-state index contributed by atoms with van der Waals surface area (Å²) >= 11 is 2.08. The maximum Gasteiger partial charge on any atom is 0.122 e. The Morgan fingerprint density at radius 1 is 1.45 bits per heavy atom. The molecule has 1 N–H and O–H groups in total. The molecule has 2 atom stereocenters. The summed E-state index contributed by atoms with van der Waals surface area (Å²) in [5.74, 6) is 3.05. The van der Waals surface area contributed by atoms with Crippen molar-refractivity contribution < 1.29 is 4.42 Å². The van der Waals surface area contributed by atoms with Crippen LogP contribution in [0.3, 0.4) is 0 Å². The van der Waals surface area contributed by atoms with Gasteiger partial charge in [0.1, 0.15) is 5.76 Å². The molecular weight excluding hydrogens is 268 g/mol. The van der Waals surface area contributed by atoms with Crippen molar-refractivity contribution in [3.8, 4) is 0 Å². The zero-order valence-corrected chi connectivity index (χ0v) is 14.0. The van der Waals surface area contributed by atoms with Crippen LogP contribution in [0.2, 0.25) is 0 Å². The summed E-state index contributed by atoms with van der Waals surface area (Å²) in [6.45, 7) is 13.2. The van der Waals surface area contributed by atoms with Gasteiger partial charge in [0.05, 0.1) is 12.8 Å². The molecular formula is C16H28N2OS. The number of furan rings is 1. The lowest BCUT2D eigenvalue weighted by Gasteiger charge is -2.37. The molecule has 1 saturated heterocycles. The summed E-state index contributed by atoms with van der Waals surface area (Å²) in [5.41, 5.74) is 1.31. The fourth-order valence-electron chi connectivity index (χ4n) is 2.56. The van der Waals surface area contributed by atoms with Gasteiger partial charge >= 0.3 is 0 Å². The number of nitrogens with one attached hydrogen (secondary N) is 1. The molecule has 0 amide bonds. The molecule has 2 rings (SSSR count). The van der Waals surface area contributed by atoms with E-state index in [1.54, 1.807) is 0 Å². The largest absolute Gasteiger partial charge is 0.468 e. The minimum Gasteiger partial charge on any atom is -0.468 e. The Balaban J connectivity index is 1.91. The van der Waals surface area contributed by atoms with Gasteiger partial charge in [0.2, 0.25) is 0 Å². The van der Waals surface area contributed by atoms with Gasteiger partial charge in [0.25, 0.3) is 0 Å². The molecule has 3 nitrogen and oxygen atoms in total. The summed E-state index contributed by atoms with van der Waals surface area (Å²) in [6.07, 6.45) is 1.83. The predicted molar refractivity (Wildman–Crippen MR) is 87.0 cm³/mol. The first-order valence-electron chi connectivity index (χ1n) is 7.69. The maximum absolute atomic E-state index is 5.72. The Kier molecular flexibility index (Phi) is 6.00. The Bertz CT molecular complexity index is 405. The molecule has 4 heteroatoms. The van der Waals surface area contributed by atoms with Gasteiger partial charge in [-0.05, 0) is 25.5 Å². The maximum atomic E-state index is 5.72. The molecule has 0 bridgehead atoms. The quantitative estimate of drug-likeness (QED) is 0.871. The van der Waals surface area contributed by atoms with Crippen LogP contribution in [0.15, 0.2) is 16.7 Å². The molecule has 2 heterocycles. The first kappa shape index (κ1) is 15.9. The highest BCUT2D eigenvalue weighted by molar-refractivity contribution is 8.00. The van der Waals surface area contributed by atoms with Gasteiger partial charge in [-0.25, -0.2) is 0 Å². The monoisotopic (exact) mass is 296 g/mol. The van der Waals surface area contributed by atoms with Crippen LogP contribution >= 0.6 is 11.8 Å². The zero-order chi connectivity index (χ0) is 14.5. The van der Waals surface area contributed by atoms with Gasteiger partial charge in [0.15, 0.2) is 0 Å². The SMILES string of the molecule is CC(C)CNCc1ccoc1CN1CCSC(C)C1C. The zero-order valence-electron chi connectivity index (χ0n) is 13.2. The lowest BCUT2D eigenvalue weighted by atomic mass is 10.1. The van der Waals surface area contributed by atoms with Crippen molar-refractivity contribution in [3.05, 3.63) is 23.7 Å². The molecule has 0 aromatic carbocycles. The van der Waals surface area contributed by atoms with E-state index in [0.29, 0.717) is 17.2 Å². The molecule has 20 heavy (non-hydrogen) atoms. The van der Waals surface area contributed by atoms with Gasteiger partial charge in [0, 0.05) is 35.7 Å². The Morgan fingerprint density at radius 3 is 3.00 bits per heavy atom. The van der Waals surface area contributed by atoms with E-state index in [4.69, 9.17) is 4.42 Å². The molecule has 0 saturated carbocycles. The fourth-order valence-corrected chi connectivity index (χ4v) is 3.72. The van der Waals surface area contributed by atoms with Crippen LogP contribution in [0, 0.1) is 5.92 Å². The molecule has 0 radical (unpaired) electrons. The summed E-state index contributed by atoms with van der Waals surface area (Å²) in [6, 6.07) is 2.73.